The summed E-state index contributed by atoms with van der Waals surface area (Å²) in [6, 6.07) is 18.0. The molecule has 1 N–H and O–H groups in total. The lowest BCUT2D eigenvalue weighted by atomic mass is 10.0. The number of rotatable bonds is 7. The van der Waals surface area contributed by atoms with Gasteiger partial charge in [-0.05, 0) is 43.6 Å². The van der Waals surface area contributed by atoms with E-state index in [9.17, 15) is 4.79 Å². The van der Waals surface area contributed by atoms with Gasteiger partial charge >= 0.3 is 0 Å². The Hall–Kier alpha value is -3.25. The Kier molecular flexibility index (Phi) is 6.89. The van der Waals surface area contributed by atoms with E-state index < -0.39 is 0 Å². The van der Waals surface area contributed by atoms with Crippen molar-refractivity contribution >= 4 is 5.91 Å². The molecule has 4 rings (SSSR count). The van der Waals surface area contributed by atoms with Crippen molar-refractivity contribution in [3.63, 3.8) is 0 Å². The summed E-state index contributed by atoms with van der Waals surface area (Å²) >= 11 is 0. The molecule has 6 nitrogen and oxygen atoms in total. The van der Waals surface area contributed by atoms with Gasteiger partial charge in [0, 0.05) is 24.5 Å². The Morgan fingerprint density at radius 2 is 1.68 bits per heavy atom. The van der Waals surface area contributed by atoms with Gasteiger partial charge in [0.2, 0.25) is 0 Å². The minimum Gasteiger partial charge on any atom is -0.497 e. The molecule has 2 heterocycles. The Bertz CT molecular complexity index is 969. The quantitative estimate of drug-likeness (QED) is 0.628. The second kappa shape index (κ2) is 10.2. The number of hydrogen-bond donors (Lipinski definition) is 1. The first-order chi connectivity index (χ1) is 15.2. The highest BCUT2D eigenvalue weighted by Gasteiger charge is 2.23. The zero-order valence-electron chi connectivity index (χ0n) is 17.8. The Balaban J connectivity index is 1.45. The lowest BCUT2D eigenvalue weighted by Crippen LogP contribution is -2.40. The molecule has 1 saturated heterocycles. The van der Waals surface area contributed by atoms with E-state index in [1.54, 1.807) is 19.5 Å². The van der Waals surface area contributed by atoms with Crippen LogP contribution in [-0.4, -0.2) is 47.5 Å². The highest BCUT2D eigenvalue weighted by molar-refractivity contribution is 5.93. The van der Waals surface area contributed by atoms with E-state index in [1.165, 1.54) is 24.8 Å². The molecular formula is C25H28N4O2. The van der Waals surface area contributed by atoms with Crippen molar-refractivity contribution in [1.82, 2.24) is 20.2 Å². The highest BCUT2D eigenvalue weighted by atomic mass is 16.5. The summed E-state index contributed by atoms with van der Waals surface area (Å²) in [5, 5.41) is 3.09. The van der Waals surface area contributed by atoms with E-state index in [2.05, 4.69) is 32.3 Å². The molecule has 0 aliphatic carbocycles. The van der Waals surface area contributed by atoms with E-state index in [1.807, 2.05) is 42.5 Å². The maximum Gasteiger partial charge on any atom is 0.254 e. The lowest BCUT2D eigenvalue weighted by molar-refractivity contribution is 0.0923. The summed E-state index contributed by atoms with van der Waals surface area (Å²) in [6.07, 6.45) is 6.83. The van der Waals surface area contributed by atoms with Crippen LogP contribution in [0.15, 0.2) is 67.0 Å². The van der Waals surface area contributed by atoms with Crippen molar-refractivity contribution < 1.29 is 9.53 Å². The molecule has 1 aliphatic heterocycles. The number of carbonyl (C=O) groups is 1. The normalized spacial score (nSPS) is 15.3. The van der Waals surface area contributed by atoms with Crippen molar-refractivity contribution in [3.05, 3.63) is 78.1 Å². The van der Waals surface area contributed by atoms with Gasteiger partial charge in [0.25, 0.3) is 5.91 Å². The third-order valence-corrected chi connectivity index (χ3v) is 5.73. The first kappa shape index (κ1) is 21.0. The number of hydrogen-bond acceptors (Lipinski definition) is 5. The summed E-state index contributed by atoms with van der Waals surface area (Å²) in [7, 11) is 1.67. The van der Waals surface area contributed by atoms with Crippen LogP contribution >= 0.6 is 0 Å². The Morgan fingerprint density at radius 1 is 1.00 bits per heavy atom. The van der Waals surface area contributed by atoms with E-state index >= 15 is 0 Å². The van der Waals surface area contributed by atoms with E-state index in [-0.39, 0.29) is 11.9 Å². The third kappa shape index (κ3) is 5.27. The number of ether oxygens (including phenoxy) is 1. The molecule has 0 bridgehead atoms. The number of methoxy groups -OCH3 is 1. The number of carbonyl (C=O) groups excluding carboxylic acids is 1. The predicted octanol–water partition coefficient (Wildman–Crippen LogP) is 4.11. The van der Waals surface area contributed by atoms with Gasteiger partial charge in [0.15, 0.2) is 5.82 Å². The molecule has 1 atom stereocenters. The smallest absolute Gasteiger partial charge is 0.254 e. The molecule has 3 aromatic rings. The average Bonchev–Trinajstić information content (AvgIpc) is 2.86. The van der Waals surface area contributed by atoms with Gasteiger partial charge in [0.05, 0.1) is 18.7 Å². The molecule has 1 unspecified atom stereocenters. The standard InChI is InChI=1S/C25H28N4O2/c1-31-22-12-10-19(11-13-22)23(29-14-6-3-7-15-29)18-28-25(30)21-16-26-24(27-17-21)20-8-4-2-5-9-20/h2,4-5,8-13,16-17,23H,3,6-7,14-15,18H2,1H3,(H,28,30). The zero-order valence-corrected chi connectivity index (χ0v) is 17.8. The lowest BCUT2D eigenvalue weighted by Gasteiger charge is -2.35. The first-order valence-electron chi connectivity index (χ1n) is 10.8. The second-order valence-electron chi connectivity index (χ2n) is 7.76. The van der Waals surface area contributed by atoms with Crippen molar-refractivity contribution in [2.75, 3.05) is 26.7 Å². The highest BCUT2D eigenvalue weighted by Crippen LogP contribution is 2.26. The van der Waals surface area contributed by atoms with E-state index in [0.29, 0.717) is 17.9 Å². The fourth-order valence-electron chi connectivity index (χ4n) is 3.99. The number of aromatic nitrogens is 2. The van der Waals surface area contributed by atoms with Crippen LogP contribution in [0.25, 0.3) is 11.4 Å². The SMILES string of the molecule is COc1ccc(C(CNC(=O)c2cnc(-c3ccccc3)nc2)N2CCCCC2)cc1. The minimum atomic E-state index is -0.157. The van der Waals surface area contributed by atoms with Crippen LogP contribution in [-0.2, 0) is 0 Å². The summed E-state index contributed by atoms with van der Waals surface area (Å²) < 4.78 is 5.29. The number of nitrogens with one attached hydrogen (secondary N) is 1. The molecule has 31 heavy (non-hydrogen) atoms. The van der Waals surface area contributed by atoms with Crippen molar-refractivity contribution in [3.8, 4) is 17.1 Å². The molecule has 2 aromatic carbocycles. The van der Waals surface area contributed by atoms with Crippen LogP contribution in [0.5, 0.6) is 5.75 Å². The molecule has 1 aromatic heterocycles. The average molecular weight is 417 g/mol. The third-order valence-electron chi connectivity index (χ3n) is 5.73. The maximum atomic E-state index is 12.8. The molecule has 1 amide bonds. The van der Waals surface area contributed by atoms with Gasteiger partial charge in [-0.25, -0.2) is 9.97 Å². The number of piperidine rings is 1. The predicted molar refractivity (Wildman–Crippen MR) is 121 cm³/mol. The van der Waals surface area contributed by atoms with Gasteiger partial charge in [-0.15, -0.1) is 0 Å². The summed E-state index contributed by atoms with van der Waals surface area (Å²) in [4.78, 5) is 24.0. The number of amides is 1. The molecule has 160 valence electrons. The van der Waals surface area contributed by atoms with Gasteiger partial charge in [-0.1, -0.05) is 48.9 Å². The van der Waals surface area contributed by atoms with Crippen molar-refractivity contribution in [2.45, 2.75) is 25.3 Å². The number of likely N-dealkylation sites (tertiary alicyclic amines) is 1. The number of nitrogens with zero attached hydrogens (tertiary/aromatic N) is 3. The topological polar surface area (TPSA) is 67.3 Å². The van der Waals surface area contributed by atoms with Crippen LogP contribution in [0, 0.1) is 0 Å². The van der Waals surface area contributed by atoms with Crippen LogP contribution in [0.3, 0.4) is 0 Å². The van der Waals surface area contributed by atoms with Gasteiger partial charge in [-0.3, -0.25) is 9.69 Å². The van der Waals surface area contributed by atoms with E-state index in [0.717, 1.165) is 24.4 Å². The Morgan fingerprint density at radius 3 is 2.32 bits per heavy atom. The summed E-state index contributed by atoms with van der Waals surface area (Å²) in [6.45, 7) is 2.62. The van der Waals surface area contributed by atoms with E-state index in [4.69, 9.17) is 4.74 Å². The minimum absolute atomic E-state index is 0.125. The van der Waals surface area contributed by atoms with Crippen LogP contribution in [0.1, 0.15) is 41.2 Å². The fourth-order valence-corrected chi connectivity index (χ4v) is 3.99. The van der Waals surface area contributed by atoms with Gasteiger partial charge in [0.1, 0.15) is 5.75 Å². The van der Waals surface area contributed by atoms with Crippen LogP contribution in [0.4, 0.5) is 0 Å². The summed E-state index contributed by atoms with van der Waals surface area (Å²) in [5.74, 6) is 1.29. The summed E-state index contributed by atoms with van der Waals surface area (Å²) in [5.41, 5.74) is 2.57. The van der Waals surface area contributed by atoms with Crippen molar-refractivity contribution in [2.24, 2.45) is 0 Å². The molecule has 6 heteroatoms. The van der Waals surface area contributed by atoms with Crippen molar-refractivity contribution in [1.29, 1.82) is 0 Å². The van der Waals surface area contributed by atoms with Crippen LogP contribution < -0.4 is 10.1 Å². The molecular weight excluding hydrogens is 388 g/mol. The molecule has 0 spiro atoms. The second-order valence-corrected chi connectivity index (χ2v) is 7.76. The molecule has 1 aliphatic rings. The molecule has 0 saturated carbocycles. The molecule has 0 radical (unpaired) electrons. The maximum absolute atomic E-state index is 12.8. The monoisotopic (exact) mass is 416 g/mol. The van der Waals surface area contributed by atoms with Gasteiger partial charge in [-0.2, -0.15) is 0 Å². The van der Waals surface area contributed by atoms with Gasteiger partial charge < -0.3 is 10.1 Å². The zero-order chi connectivity index (χ0) is 21.5. The largest absolute Gasteiger partial charge is 0.497 e. The number of benzene rings is 2. The van der Waals surface area contributed by atoms with Crippen LogP contribution in [0.2, 0.25) is 0 Å². The first-order valence-corrected chi connectivity index (χ1v) is 10.8. The fraction of sp³-hybridized carbons (Fsp3) is 0.320. The molecule has 1 fully saturated rings. The Labute approximate surface area is 183 Å².